The number of anilines is 1. The van der Waals surface area contributed by atoms with Crippen LogP contribution in [-0.4, -0.2) is 23.1 Å². The molecule has 9 nitrogen and oxygen atoms in total. The maximum Gasteiger partial charge on any atom is 0.385 e. The van der Waals surface area contributed by atoms with Crippen molar-refractivity contribution in [2.45, 2.75) is 20.4 Å². The summed E-state index contributed by atoms with van der Waals surface area (Å²) in [5.74, 6) is -0.198. The molecule has 31 heavy (non-hydrogen) atoms. The molecule has 0 unspecified atom stereocenters. The number of nitrogens with one attached hydrogen (secondary N) is 1. The number of oxazole rings is 1. The van der Waals surface area contributed by atoms with E-state index in [1.165, 1.54) is 36.4 Å². The van der Waals surface area contributed by atoms with E-state index in [9.17, 15) is 19.1 Å². The molecule has 0 aliphatic rings. The van der Waals surface area contributed by atoms with Crippen LogP contribution in [0, 0.1) is 15.9 Å². The molecule has 3 aromatic rings. The summed E-state index contributed by atoms with van der Waals surface area (Å²) in [7, 11) is -3.80. The second-order valence-electron chi connectivity index (χ2n) is 6.29. The SMILES string of the molecule is CCOP(=O)(OCC)c1nc(-c2ccc([N+](=O)[O-])cc2)oc1NCc1ccc(F)cc1. The average molecular weight is 449 g/mol. The number of non-ortho nitro benzene ring substituents is 1. The number of rotatable bonds is 10. The third-order valence-electron chi connectivity index (χ3n) is 4.16. The highest BCUT2D eigenvalue weighted by Gasteiger charge is 2.35. The number of nitrogens with zero attached hydrogens (tertiary/aromatic N) is 2. The molecule has 0 atom stereocenters. The number of nitro groups is 1. The van der Waals surface area contributed by atoms with Crippen LogP contribution in [0.2, 0.25) is 0 Å². The van der Waals surface area contributed by atoms with Gasteiger partial charge in [0, 0.05) is 24.2 Å². The van der Waals surface area contributed by atoms with Crippen molar-refractivity contribution in [1.82, 2.24) is 4.98 Å². The number of aromatic nitrogens is 1. The summed E-state index contributed by atoms with van der Waals surface area (Å²) in [6, 6.07) is 11.4. The Kier molecular flexibility index (Phi) is 7.17. The lowest BCUT2D eigenvalue weighted by molar-refractivity contribution is -0.384. The zero-order chi connectivity index (χ0) is 22.4. The van der Waals surface area contributed by atoms with Gasteiger partial charge in [0.1, 0.15) is 5.82 Å². The van der Waals surface area contributed by atoms with Crippen LogP contribution in [0.15, 0.2) is 52.9 Å². The van der Waals surface area contributed by atoms with Gasteiger partial charge in [0.2, 0.25) is 17.2 Å². The molecule has 1 heterocycles. The van der Waals surface area contributed by atoms with Crippen molar-refractivity contribution in [3.8, 4) is 11.5 Å². The zero-order valence-electron chi connectivity index (χ0n) is 16.9. The van der Waals surface area contributed by atoms with Crippen LogP contribution in [0.5, 0.6) is 0 Å². The highest BCUT2D eigenvalue weighted by molar-refractivity contribution is 7.62. The predicted molar refractivity (Wildman–Crippen MR) is 113 cm³/mol. The fourth-order valence-electron chi connectivity index (χ4n) is 2.75. The molecule has 0 aliphatic carbocycles. The van der Waals surface area contributed by atoms with Crippen LogP contribution in [0.4, 0.5) is 16.0 Å². The third kappa shape index (κ3) is 5.35. The Morgan fingerprint density at radius 2 is 1.71 bits per heavy atom. The summed E-state index contributed by atoms with van der Waals surface area (Å²) >= 11 is 0. The van der Waals surface area contributed by atoms with Crippen LogP contribution < -0.4 is 10.8 Å². The number of hydrogen-bond acceptors (Lipinski definition) is 8. The van der Waals surface area contributed by atoms with Crippen molar-refractivity contribution < 1.29 is 27.3 Å². The maximum absolute atomic E-state index is 13.3. The van der Waals surface area contributed by atoms with Gasteiger partial charge < -0.3 is 18.8 Å². The van der Waals surface area contributed by atoms with E-state index in [1.54, 1.807) is 26.0 Å². The molecule has 0 amide bonds. The standard InChI is InChI=1S/C20H21FN3O6P/c1-3-28-31(27,29-4-2)20-19(22-13-14-5-9-16(21)10-6-14)30-18(23-20)15-7-11-17(12-8-15)24(25)26/h5-12,22H,3-4,13H2,1-2H3. The summed E-state index contributed by atoms with van der Waals surface area (Å²) < 4.78 is 43.1. The van der Waals surface area contributed by atoms with Gasteiger partial charge in [-0.25, -0.2) is 4.39 Å². The van der Waals surface area contributed by atoms with Gasteiger partial charge in [0.05, 0.1) is 18.1 Å². The summed E-state index contributed by atoms with van der Waals surface area (Å²) in [5.41, 5.74) is 1.08. The maximum atomic E-state index is 13.3. The number of nitro benzene ring substituents is 1. The van der Waals surface area contributed by atoms with E-state index in [-0.39, 0.29) is 48.5 Å². The van der Waals surface area contributed by atoms with E-state index in [4.69, 9.17) is 13.5 Å². The molecule has 1 N–H and O–H groups in total. The normalized spacial score (nSPS) is 11.5. The Balaban J connectivity index is 1.98. The number of benzene rings is 2. The molecule has 0 bridgehead atoms. The Morgan fingerprint density at radius 3 is 2.26 bits per heavy atom. The van der Waals surface area contributed by atoms with Crippen molar-refractivity contribution in [1.29, 1.82) is 0 Å². The molecular formula is C20H21FN3O6P. The summed E-state index contributed by atoms with van der Waals surface area (Å²) in [6.45, 7) is 3.83. The van der Waals surface area contributed by atoms with Crippen LogP contribution in [0.3, 0.4) is 0 Å². The Bertz CT molecular complexity index is 1080. The molecule has 0 saturated heterocycles. The molecule has 0 saturated carbocycles. The predicted octanol–water partition coefficient (Wildman–Crippen LogP) is 4.89. The number of hydrogen-bond donors (Lipinski definition) is 1. The van der Waals surface area contributed by atoms with Crippen LogP contribution >= 0.6 is 7.60 Å². The lowest BCUT2D eigenvalue weighted by Gasteiger charge is -2.15. The van der Waals surface area contributed by atoms with Gasteiger partial charge in [-0.05, 0) is 43.7 Å². The zero-order valence-corrected chi connectivity index (χ0v) is 17.8. The highest BCUT2D eigenvalue weighted by Crippen LogP contribution is 2.49. The topological polar surface area (TPSA) is 117 Å². The number of halogens is 1. The van der Waals surface area contributed by atoms with Gasteiger partial charge in [0.25, 0.3) is 5.69 Å². The molecule has 0 aliphatic heterocycles. The van der Waals surface area contributed by atoms with E-state index in [2.05, 4.69) is 10.3 Å². The third-order valence-corrected chi connectivity index (χ3v) is 6.18. The minimum Gasteiger partial charge on any atom is -0.420 e. The van der Waals surface area contributed by atoms with Gasteiger partial charge >= 0.3 is 7.60 Å². The minimum atomic E-state index is -3.80. The quantitative estimate of drug-likeness (QED) is 0.264. The second-order valence-corrected chi connectivity index (χ2v) is 8.22. The molecular weight excluding hydrogens is 428 g/mol. The van der Waals surface area contributed by atoms with Gasteiger partial charge in [-0.15, -0.1) is 0 Å². The van der Waals surface area contributed by atoms with E-state index >= 15 is 0 Å². The summed E-state index contributed by atoms with van der Waals surface area (Å²) in [5, 5.41) is 13.9. The van der Waals surface area contributed by atoms with Crippen molar-refractivity contribution in [2.75, 3.05) is 18.5 Å². The van der Waals surface area contributed by atoms with Crippen molar-refractivity contribution in [2.24, 2.45) is 0 Å². The molecule has 164 valence electrons. The van der Waals surface area contributed by atoms with Crippen LogP contribution in [0.25, 0.3) is 11.5 Å². The first-order valence-corrected chi connectivity index (χ1v) is 11.0. The summed E-state index contributed by atoms with van der Waals surface area (Å²) in [6.07, 6.45) is 0. The fraction of sp³-hybridized carbons (Fsp3) is 0.250. The smallest absolute Gasteiger partial charge is 0.385 e. The molecule has 11 heteroatoms. The van der Waals surface area contributed by atoms with Crippen molar-refractivity contribution in [3.05, 3.63) is 70.0 Å². The van der Waals surface area contributed by atoms with Crippen molar-refractivity contribution >= 4 is 24.6 Å². The van der Waals surface area contributed by atoms with E-state index in [0.717, 1.165) is 5.56 Å². The lowest BCUT2D eigenvalue weighted by Crippen LogP contribution is -2.16. The largest absolute Gasteiger partial charge is 0.420 e. The fourth-order valence-corrected chi connectivity index (χ4v) is 4.33. The molecule has 0 radical (unpaired) electrons. The Hall–Kier alpha value is -3.07. The van der Waals surface area contributed by atoms with Crippen LogP contribution in [-0.2, 0) is 20.2 Å². The molecule has 2 aromatic carbocycles. The monoisotopic (exact) mass is 449 g/mol. The second kappa shape index (κ2) is 9.82. The first-order chi connectivity index (χ1) is 14.9. The van der Waals surface area contributed by atoms with E-state index in [0.29, 0.717) is 5.56 Å². The Morgan fingerprint density at radius 1 is 1.10 bits per heavy atom. The molecule has 0 fully saturated rings. The highest BCUT2D eigenvalue weighted by atomic mass is 31.2. The van der Waals surface area contributed by atoms with Gasteiger partial charge in [-0.1, -0.05) is 12.1 Å². The molecule has 3 rings (SSSR count). The minimum absolute atomic E-state index is 0.0355. The Labute approximate surface area is 177 Å². The molecule has 1 aromatic heterocycles. The first-order valence-electron chi connectivity index (χ1n) is 9.50. The van der Waals surface area contributed by atoms with E-state index in [1.807, 2.05) is 0 Å². The van der Waals surface area contributed by atoms with Gasteiger partial charge in [0.15, 0.2) is 0 Å². The van der Waals surface area contributed by atoms with Crippen LogP contribution in [0.1, 0.15) is 19.4 Å². The van der Waals surface area contributed by atoms with Gasteiger partial charge in [-0.3, -0.25) is 14.7 Å². The van der Waals surface area contributed by atoms with Gasteiger partial charge in [-0.2, -0.15) is 4.98 Å². The summed E-state index contributed by atoms with van der Waals surface area (Å²) in [4.78, 5) is 14.7. The van der Waals surface area contributed by atoms with Crippen molar-refractivity contribution in [3.63, 3.8) is 0 Å². The molecule has 0 spiro atoms. The first kappa shape index (κ1) is 22.6. The lowest BCUT2D eigenvalue weighted by atomic mass is 10.2. The van der Waals surface area contributed by atoms with E-state index < -0.39 is 12.5 Å². The average Bonchev–Trinajstić information content (AvgIpc) is 3.19.